The molecule has 0 spiro atoms. The minimum absolute atomic E-state index is 0.348. The third-order valence-electron chi connectivity index (χ3n) is 4.96. The summed E-state index contributed by atoms with van der Waals surface area (Å²) >= 11 is 0. The molecule has 3 N–H and O–H groups in total. The van der Waals surface area contributed by atoms with E-state index in [1.54, 1.807) is 42.9 Å². The Morgan fingerprint density at radius 1 is 0.867 bits per heavy atom. The van der Waals surface area contributed by atoms with Crippen LogP contribution in [0.5, 0.6) is 0 Å². The van der Waals surface area contributed by atoms with Gasteiger partial charge in [-0.1, -0.05) is 12.1 Å². The molecule has 5 heterocycles. The van der Waals surface area contributed by atoms with E-state index in [0.717, 1.165) is 22.3 Å². The lowest BCUT2D eigenvalue weighted by atomic mass is 10.1. The van der Waals surface area contributed by atoms with Gasteiger partial charge in [0, 0.05) is 23.5 Å². The number of H-pyrrole nitrogens is 3. The Morgan fingerprint density at radius 3 is 2.63 bits per heavy atom. The molecule has 0 bridgehead atoms. The third kappa shape index (κ3) is 2.49. The maximum atomic E-state index is 14.4. The van der Waals surface area contributed by atoms with E-state index in [4.69, 9.17) is 4.98 Å². The molecule has 0 saturated heterocycles. The van der Waals surface area contributed by atoms with E-state index in [9.17, 15) is 4.39 Å². The number of benzene rings is 1. The second kappa shape index (κ2) is 6.31. The number of hydrogen-bond acceptors (Lipinski definition) is 5. The summed E-state index contributed by atoms with van der Waals surface area (Å²) in [5.41, 5.74) is 5.85. The summed E-state index contributed by atoms with van der Waals surface area (Å²) in [6.07, 6.45) is 5.12. The van der Waals surface area contributed by atoms with Crippen molar-refractivity contribution in [3.8, 4) is 34.0 Å². The van der Waals surface area contributed by atoms with Crippen molar-refractivity contribution in [2.24, 2.45) is 0 Å². The zero-order valence-corrected chi connectivity index (χ0v) is 15.4. The van der Waals surface area contributed by atoms with Crippen molar-refractivity contribution in [3.05, 3.63) is 66.9 Å². The number of nitrogens with zero attached hydrogens (tertiary/aromatic N) is 5. The van der Waals surface area contributed by atoms with E-state index in [2.05, 4.69) is 35.3 Å². The van der Waals surface area contributed by atoms with E-state index >= 15 is 0 Å². The molecule has 0 fully saturated rings. The average Bonchev–Trinajstić information content (AvgIpc) is 3.51. The molecule has 0 aliphatic rings. The molecule has 6 aromatic rings. The predicted molar refractivity (Wildman–Crippen MR) is 110 cm³/mol. The molecular weight excluding hydrogens is 383 g/mol. The first kappa shape index (κ1) is 16.5. The smallest absolute Gasteiger partial charge is 0.161 e. The Bertz CT molecular complexity index is 1510. The lowest BCUT2D eigenvalue weighted by molar-refractivity contribution is 0.631. The van der Waals surface area contributed by atoms with Crippen LogP contribution in [0.4, 0.5) is 4.39 Å². The highest BCUT2D eigenvalue weighted by Gasteiger charge is 2.18. The van der Waals surface area contributed by atoms with Crippen LogP contribution in [0.3, 0.4) is 0 Å². The van der Waals surface area contributed by atoms with Crippen LogP contribution in [0.25, 0.3) is 56.1 Å². The lowest BCUT2D eigenvalue weighted by Gasteiger charge is -2.02. The van der Waals surface area contributed by atoms with Gasteiger partial charge in [-0.15, -0.1) is 0 Å². The van der Waals surface area contributed by atoms with Gasteiger partial charge in [0.2, 0.25) is 0 Å². The minimum Gasteiger partial charge on any atom is -0.336 e. The van der Waals surface area contributed by atoms with Crippen molar-refractivity contribution in [1.29, 1.82) is 0 Å². The fourth-order valence-corrected chi connectivity index (χ4v) is 3.51. The molecular formula is C21H13FN8. The summed E-state index contributed by atoms with van der Waals surface area (Å²) in [7, 11) is 0. The number of aromatic amines is 3. The van der Waals surface area contributed by atoms with Crippen molar-refractivity contribution < 1.29 is 4.39 Å². The summed E-state index contributed by atoms with van der Waals surface area (Å²) in [5.74, 6) is 0.178. The van der Waals surface area contributed by atoms with Crippen LogP contribution >= 0.6 is 0 Å². The van der Waals surface area contributed by atoms with E-state index in [1.165, 1.54) is 6.07 Å². The summed E-state index contributed by atoms with van der Waals surface area (Å²) < 4.78 is 14.4. The molecule has 0 aliphatic heterocycles. The van der Waals surface area contributed by atoms with Gasteiger partial charge in [0.05, 0.1) is 22.9 Å². The van der Waals surface area contributed by atoms with Gasteiger partial charge in [0.1, 0.15) is 22.5 Å². The molecule has 144 valence electrons. The molecule has 5 aromatic heterocycles. The van der Waals surface area contributed by atoms with Crippen LogP contribution in [0.15, 0.2) is 61.1 Å². The summed E-state index contributed by atoms with van der Waals surface area (Å²) in [5, 5.41) is 14.2. The van der Waals surface area contributed by atoms with Crippen LogP contribution in [-0.2, 0) is 0 Å². The number of rotatable bonds is 3. The quantitative estimate of drug-likeness (QED) is 0.417. The molecule has 0 atom stereocenters. The van der Waals surface area contributed by atoms with Gasteiger partial charge in [-0.2, -0.15) is 10.2 Å². The lowest BCUT2D eigenvalue weighted by Crippen LogP contribution is -1.89. The van der Waals surface area contributed by atoms with Gasteiger partial charge in [-0.05, 0) is 30.3 Å². The second-order valence-electron chi connectivity index (χ2n) is 6.77. The van der Waals surface area contributed by atoms with Gasteiger partial charge in [-0.25, -0.2) is 14.4 Å². The number of aromatic nitrogens is 8. The molecule has 0 aliphatic carbocycles. The monoisotopic (exact) mass is 396 g/mol. The van der Waals surface area contributed by atoms with Crippen molar-refractivity contribution in [3.63, 3.8) is 0 Å². The first-order valence-electron chi connectivity index (χ1n) is 9.22. The summed E-state index contributed by atoms with van der Waals surface area (Å²) in [6, 6.07) is 12.1. The molecule has 1 aromatic carbocycles. The fraction of sp³-hybridized carbons (Fsp3) is 0. The first-order valence-corrected chi connectivity index (χ1v) is 9.22. The topological polar surface area (TPSA) is 112 Å². The summed E-state index contributed by atoms with van der Waals surface area (Å²) in [4.78, 5) is 17.0. The number of pyridine rings is 2. The van der Waals surface area contributed by atoms with Crippen molar-refractivity contribution in [1.82, 2.24) is 40.3 Å². The first-order chi connectivity index (χ1) is 14.8. The third-order valence-corrected chi connectivity index (χ3v) is 4.96. The largest absolute Gasteiger partial charge is 0.336 e. The Hall–Kier alpha value is -4.40. The molecule has 0 amide bonds. The van der Waals surface area contributed by atoms with Crippen molar-refractivity contribution >= 4 is 22.1 Å². The molecule has 0 radical (unpaired) electrons. The maximum Gasteiger partial charge on any atom is 0.161 e. The Kier molecular flexibility index (Phi) is 3.48. The van der Waals surface area contributed by atoms with Gasteiger partial charge in [0.25, 0.3) is 0 Å². The van der Waals surface area contributed by atoms with E-state index < -0.39 is 0 Å². The minimum atomic E-state index is -0.348. The molecule has 6 rings (SSSR count). The standard InChI is InChI=1S/C21H13FN8/c22-13-4-2-1-3-12(13)17-18-15(7-8-23-17)27-21(28-18)20-19-16(29-30-20)6-5-14(26-19)11-9-24-25-10-11/h1-10H,(H,24,25)(H,27,28)(H,29,30). The number of halogens is 1. The summed E-state index contributed by atoms with van der Waals surface area (Å²) in [6.45, 7) is 0. The number of imidazole rings is 1. The highest BCUT2D eigenvalue weighted by molar-refractivity contribution is 5.95. The van der Waals surface area contributed by atoms with Gasteiger partial charge >= 0.3 is 0 Å². The van der Waals surface area contributed by atoms with Gasteiger partial charge in [-0.3, -0.25) is 15.2 Å². The maximum absolute atomic E-state index is 14.4. The molecule has 9 heteroatoms. The SMILES string of the molecule is Fc1ccccc1-c1nccc2[nH]c(-c3n[nH]c4ccc(-c5cn[nH]c5)nc34)nc12. The van der Waals surface area contributed by atoms with Crippen LogP contribution in [0, 0.1) is 5.82 Å². The van der Waals surface area contributed by atoms with Crippen molar-refractivity contribution in [2.75, 3.05) is 0 Å². The highest BCUT2D eigenvalue weighted by Crippen LogP contribution is 2.31. The second-order valence-corrected chi connectivity index (χ2v) is 6.77. The zero-order chi connectivity index (χ0) is 20.1. The van der Waals surface area contributed by atoms with E-state index in [0.29, 0.717) is 33.8 Å². The normalized spacial score (nSPS) is 11.5. The highest BCUT2D eigenvalue weighted by atomic mass is 19.1. The number of fused-ring (bicyclic) bond motifs is 2. The van der Waals surface area contributed by atoms with Crippen molar-refractivity contribution in [2.45, 2.75) is 0 Å². The van der Waals surface area contributed by atoms with Gasteiger partial charge in [0.15, 0.2) is 11.5 Å². The van der Waals surface area contributed by atoms with Crippen LogP contribution < -0.4 is 0 Å². The van der Waals surface area contributed by atoms with E-state index in [-0.39, 0.29) is 5.82 Å². The zero-order valence-electron chi connectivity index (χ0n) is 15.4. The van der Waals surface area contributed by atoms with Crippen LogP contribution in [-0.4, -0.2) is 40.3 Å². The average molecular weight is 396 g/mol. The molecule has 8 nitrogen and oxygen atoms in total. The number of hydrogen-bond donors (Lipinski definition) is 3. The Morgan fingerprint density at radius 2 is 1.77 bits per heavy atom. The van der Waals surface area contributed by atoms with Crippen LogP contribution in [0.1, 0.15) is 0 Å². The fourth-order valence-electron chi connectivity index (χ4n) is 3.51. The van der Waals surface area contributed by atoms with E-state index in [1.807, 2.05) is 12.1 Å². The van der Waals surface area contributed by atoms with Gasteiger partial charge < -0.3 is 4.98 Å². The molecule has 0 saturated carbocycles. The molecule has 30 heavy (non-hydrogen) atoms. The number of nitrogens with one attached hydrogen (secondary N) is 3. The predicted octanol–water partition coefficient (Wildman–Crippen LogP) is 4.09. The Balaban J connectivity index is 1.54. The molecule has 0 unspecified atom stereocenters. The Labute approximate surface area is 168 Å². The van der Waals surface area contributed by atoms with Crippen LogP contribution in [0.2, 0.25) is 0 Å².